The smallest absolute Gasteiger partial charge is 0.356 e. The van der Waals surface area contributed by atoms with E-state index in [1.54, 1.807) is 18.2 Å². The Morgan fingerprint density at radius 2 is 2.00 bits per heavy atom. The highest BCUT2D eigenvalue weighted by Gasteiger charge is 2.13. The van der Waals surface area contributed by atoms with Gasteiger partial charge < -0.3 is 15.2 Å². The fourth-order valence-corrected chi connectivity index (χ4v) is 1.80. The van der Waals surface area contributed by atoms with Crippen molar-refractivity contribution in [1.29, 1.82) is 0 Å². The van der Waals surface area contributed by atoms with E-state index in [0.29, 0.717) is 22.2 Å². The number of halogens is 1. The van der Waals surface area contributed by atoms with Gasteiger partial charge in [-0.25, -0.2) is 14.8 Å². The minimum atomic E-state index is -0.582. The van der Waals surface area contributed by atoms with E-state index in [1.807, 2.05) is 0 Å². The number of aromatic nitrogens is 2. The Bertz CT molecular complexity index is 661. The van der Waals surface area contributed by atoms with Gasteiger partial charge in [-0.3, -0.25) is 0 Å². The van der Waals surface area contributed by atoms with E-state index in [-0.39, 0.29) is 11.5 Å². The van der Waals surface area contributed by atoms with Crippen LogP contribution in [0, 0.1) is 0 Å². The highest BCUT2D eigenvalue weighted by molar-refractivity contribution is 6.32. The maximum absolute atomic E-state index is 11.5. The van der Waals surface area contributed by atoms with Crippen LogP contribution in [0.1, 0.15) is 10.5 Å². The quantitative estimate of drug-likeness (QED) is 0.873. The summed E-state index contributed by atoms with van der Waals surface area (Å²) in [6, 6.07) is 6.38. The molecular formula is C13H12ClN3O3. The van der Waals surface area contributed by atoms with Gasteiger partial charge in [-0.2, -0.15) is 0 Å². The molecule has 0 fully saturated rings. The summed E-state index contributed by atoms with van der Waals surface area (Å²) in [7, 11) is 2.77. The molecule has 0 saturated carbocycles. The monoisotopic (exact) mass is 293 g/mol. The molecule has 0 aliphatic heterocycles. The SMILES string of the molecule is COC(=O)c1cc(N)nc(-c2ccc(Cl)c(OC)c2)n1. The number of anilines is 1. The molecule has 0 unspecified atom stereocenters. The van der Waals surface area contributed by atoms with E-state index in [0.717, 1.165) is 0 Å². The molecule has 104 valence electrons. The number of methoxy groups -OCH3 is 2. The molecule has 6 nitrogen and oxygen atoms in total. The molecule has 2 N–H and O–H groups in total. The summed E-state index contributed by atoms with van der Waals surface area (Å²) in [5, 5.41) is 0.466. The first-order valence-electron chi connectivity index (χ1n) is 5.62. The van der Waals surface area contributed by atoms with Crippen molar-refractivity contribution >= 4 is 23.4 Å². The van der Waals surface area contributed by atoms with Crippen molar-refractivity contribution in [3.63, 3.8) is 0 Å². The number of hydrogen-bond donors (Lipinski definition) is 1. The van der Waals surface area contributed by atoms with E-state index in [1.165, 1.54) is 20.3 Å². The number of ether oxygens (including phenoxy) is 2. The molecule has 7 heteroatoms. The number of carbonyl (C=O) groups is 1. The summed E-state index contributed by atoms with van der Waals surface area (Å²) in [6.45, 7) is 0. The first-order valence-corrected chi connectivity index (χ1v) is 5.99. The molecule has 0 aliphatic carbocycles. The van der Waals surface area contributed by atoms with Crippen LogP contribution >= 0.6 is 11.6 Å². The third-order valence-corrected chi connectivity index (χ3v) is 2.86. The fraction of sp³-hybridized carbons (Fsp3) is 0.154. The van der Waals surface area contributed by atoms with Gasteiger partial charge in [0.05, 0.1) is 19.2 Å². The largest absolute Gasteiger partial charge is 0.495 e. The standard InChI is InChI=1S/C13H12ClN3O3/c1-19-10-5-7(3-4-8(10)14)12-16-9(13(18)20-2)6-11(15)17-12/h3-6H,1-2H3,(H2,15,16,17). The van der Waals surface area contributed by atoms with Crippen LogP contribution in [0.3, 0.4) is 0 Å². The number of carbonyl (C=O) groups excluding carboxylic acids is 1. The molecule has 0 spiro atoms. The number of nitrogens with two attached hydrogens (primary N) is 1. The second-order valence-electron chi connectivity index (χ2n) is 3.84. The topological polar surface area (TPSA) is 87.3 Å². The molecule has 1 aromatic heterocycles. The number of benzene rings is 1. The predicted molar refractivity (Wildman–Crippen MR) is 74.8 cm³/mol. The summed E-state index contributed by atoms with van der Waals surface area (Å²) in [6.07, 6.45) is 0. The average Bonchev–Trinajstić information content (AvgIpc) is 2.46. The molecule has 0 aliphatic rings. The zero-order valence-corrected chi connectivity index (χ0v) is 11.6. The predicted octanol–water partition coefficient (Wildman–Crippen LogP) is 2.17. The van der Waals surface area contributed by atoms with Crippen molar-refractivity contribution in [3.05, 3.63) is 35.0 Å². The molecular weight excluding hydrogens is 282 g/mol. The maximum atomic E-state index is 11.5. The molecule has 20 heavy (non-hydrogen) atoms. The van der Waals surface area contributed by atoms with E-state index < -0.39 is 5.97 Å². The highest BCUT2D eigenvalue weighted by atomic mass is 35.5. The van der Waals surface area contributed by atoms with Gasteiger partial charge in [-0.05, 0) is 18.2 Å². The third kappa shape index (κ3) is 2.80. The molecule has 1 heterocycles. The summed E-state index contributed by atoms with van der Waals surface area (Å²) in [5.41, 5.74) is 6.39. The van der Waals surface area contributed by atoms with E-state index >= 15 is 0 Å². The zero-order chi connectivity index (χ0) is 14.7. The van der Waals surface area contributed by atoms with E-state index in [9.17, 15) is 4.79 Å². The van der Waals surface area contributed by atoms with Crippen LogP contribution in [-0.4, -0.2) is 30.2 Å². The summed E-state index contributed by atoms with van der Waals surface area (Å²) in [4.78, 5) is 19.7. The van der Waals surface area contributed by atoms with Crippen LogP contribution in [0.5, 0.6) is 5.75 Å². The number of esters is 1. The summed E-state index contributed by atoms with van der Waals surface area (Å²) in [5.74, 6) is 0.362. The first kappa shape index (κ1) is 14.1. The van der Waals surface area contributed by atoms with Gasteiger partial charge in [0.25, 0.3) is 0 Å². The lowest BCUT2D eigenvalue weighted by molar-refractivity contribution is 0.0594. The summed E-state index contributed by atoms with van der Waals surface area (Å²) >= 11 is 5.95. The lowest BCUT2D eigenvalue weighted by atomic mass is 10.2. The van der Waals surface area contributed by atoms with Gasteiger partial charge in [0.1, 0.15) is 11.6 Å². The van der Waals surface area contributed by atoms with Gasteiger partial charge in [-0.1, -0.05) is 11.6 Å². The number of nitrogens with zero attached hydrogens (tertiary/aromatic N) is 2. The Hall–Kier alpha value is -2.34. The van der Waals surface area contributed by atoms with Gasteiger partial charge in [0.2, 0.25) is 0 Å². The van der Waals surface area contributed by atoms with Gasteiger partial charge >= 0.3 is 5.97 Å². The van der Waals surface area contributed by atoms with E-state index in [2.05, 4.69) is 14.7 Å². The van der Waals surface area contributed by atoms with Crippen LogP contribution in [0.15, 0.2) is 24.3 Å². The minimum Gasteiger partial charge on any atom is -0.495 e. The third-order valence-electron chi connectivity index (χ3n) is 2.55. The lowest BCUT2D eigenvalue weighted by Gasteiger charge is -2.07. The molecule has 0 bridgehead atoms. The highest BCUT2D eigenvalue weighted by Crippen LogP contribution is 2.29. The Balaban J connectivity index is 2.52. The van der Waals surface area contributed by atoms with Crippen molar-refractivity contribution in [2.24, 2.45) is 0 Å². The molecule has 0 saturated heterocycles. The summed E-state index contributed by atoms with van der Waals surface area (Å²) < 4.78 is 9.74. The van der Waals surface area contributed by atoms with Crippen molar-refractivity contribution in [2.45, 2.75) is 0 Å². The normalized spacial score (nSPS) is 10.2. The van der Waals surface area contributed by atoms with Crippen molar-refractivity contribution in [1.82, 2.24) is 9.97 Å². The first-order chi connectivity index (χ1) is 9.55. The Kier molecular flexibility index (Phi) is 4.05. The lowest BCUT2D eigenvalue weighted by Crippen LogP contribution is -2.08. The van der Waals surface area contributed by atoms with Gasteiger partial charge in [-0.15, -0.1) is 0 Å². The van der Waals surface area contributed by atoms with Crippen molar-refractivity contribution < 1.29 is 14.3 Å². The van der Waals surface area contributed by atoms with E-state index in [4.69, 9.17) is 22.1 Å². The zero-order valence-electron chi connectivity index (χ0n) is 10.9. The second kappa shape index (κ2) is 5.75. The number of hydrogen-bond acceptors (Lipinski definition) is 6. The molecule has 0 radical (unpaired) electrons. The van der Waals surface area contributed by atoms with Crippen LogP contribution < -0.4 is 10.5 Å². The molecule has 0 atom stereocenters. The Labute approximate surface area is 120 Å². The van der Waals surface area contributed by atoms with Crippen molar-refractivity contribution in [3.8, 4) is 17.1 Å². The average molecular weight is 294 g/mol. The van der Waals surface area contributed by atoms with Gasteiger partial charge in [0.15, 0.2) is 11.5 Å². The maximum Gasteiger partial charge on any atom is 0.356 e. The van der Waals surface area contributed by atoms with Crippen molar-refractivity contribution in [2.75, 3.05) is 20.0 Å². The Morgan fingerprint density at radius 3 is 2.65 bits per heavy atom. The molecule has 1 aromatic carbocycles. The number of rotatable bonds is 3. The molecule has 0 amide bonds. The number of nitrogen functional groups attached to an aromatic ring is 1. The second-order valence-corrected chi connectivity index (χ2v) is 4.25. The Morgan fingerprint density at radius 1 is 1.25 bits per heavy atom. The minimum absolute atomic E-state index is 0.0870. The van der Waals surface area contributed by atoms with Crippen LogP contribution in [0.2, 0.25) is 5.02 Å². The molecule has 2 rings (SSSR count). The van der Waals surface area contributed by atoms with Gasteiger partial charge in [0, 0.05) is 11.6 Å². The molecule has 2 aromatic rings. The van der Waals surface area contributed by atoms with Crippen LogP contribution in [0.25, 0.3) is 11.4 Å². The van der Waals surface area contributed by atoms with Crippen LogP contribution in [-0.2, 0) is 4.74 Å². The van der Waals surface area contributed by atoms with Crippen LogP contribution in [0.4, 0.5) is 5.82 Å². The fourth-order valence-electron chi connectivity index (χ4n) is 1.60.